The lowest BCUT2D eigenvalue weighted by Crippen LogP contribution is -2.29. The van der Waals surface area contributed by atoms with Gasteiger partial charge in [0.05, 0.1) is 23.7 Å². The van der Waals surface area contributed by atoms with Crippen molar-refractivity contribution in [2.24, 2.45) is 0 Å². The van der Waals surface area contributed by atoms with Crippen molar-refractivity contribution >= 4 is 34.7 Å². The molecule has 1 fully saturated rings. The van der Waals surface area contributed by atoms with Crippen molar-refractivity contribution < 1.29 is 28.2 Å². The minimum Gasteiger partial charge on any atom is -0.507 e. The van der Waals surface area contributed by atoms with Crippen molar-refractivity contribution in [3.05, 3.63) is 94.3 Å². The molecule has 0 radical (unpaired) electrons. The molecule has 0 aliphatic carbocycles. The molecule has 3 aromatic rings. The molecule has 0 bridgehead atoms. The normalized spacial score (nSPS) is 17.6. The zero-order valence-electron chi connectivity index (χ0n) is 16.6. The van der Waals surface area contributed by atoms with Crippen LogP contribution in [0.2, 0.25) is 5.02 Å². The maximum Gasteiger partial charge on any atom is 0.300 e. The molecule has 6 nitrogen and oxygen atoms in total. The Morgan fingerprint density at radius 3 is 2.41 bits per heavy atom. The summed E-state index contributed by atoms with van der Waals surface area (Å²) < 4.78 is 32.5. The van der Waals surface area contributed by atoms with Crippen molar-refractivity contribution in [2.75, 3.05) is 12.0 Å². The highest BCUT2D eigenvalue weighted by molar-refractivity contribution is 6.51. The first kappa shape index (κ1) is 21.5. The van der Waals surface area contributed by atoms with Crippen molar-refractivity contribution in [1.82, 2.24) is 4.98 Å². The number of methoxy groups -OCH3 is 1. The van der Waals surface area contributed by atoms with Crippen LogP contribution in [0.15, 0.2) is 66.5 Å². The number of benzene rings is 2. The van der Waals surface area contributed by atoms with E-state index in [1.54, 1.807) is 12.1 Å². The summed E-state index contributed by atoms with van der Waals surface area (Å²) in [4.78, 5) is 30.9. The first-order valence-electron chi connectivity index (χ1n) is 9.33. The predicted molar refractivity (Wildman–Crippen MR) is 113 cm³/mol. The van der Waals surface area contributed by atoms with Crippen molar-refractivity contribution in [2.45, 2.75) is 6.04 Å². The maximum absolute atomic E-state index is 13.9. The van der Waals surface area contributed by atoms with E-state index in [0.29, 0.717) is 11.3 Å². The molecule has 1 aliphatic heterocycles. The van der Waals surface area contributed by atoms with Crippen LogP contribution in [0.5, 0.6) is 5.75 Å². The Morgan fingerprint density at radius 2 is 1.78 bits per heavy atom. The van der Waals surface area contributed by atoms with Gasteiger partial charge in [-0.15, -0.1) is 0 Å². The van der Waals surface area contributed by atoms with Gasteiger partial charge in [-0.2, -0.15) is 0 Å². The summed E-state index contributed by atoms with van der Waals surface area (Å²) in [7, 11) is 1.43. The number of nitrogens with zero attached hydrogens (tertiary/aromatic N) is 2. The van der Waals surface area contributed by atoms with Gasteiger partial charge >= 0.3 is 0 Å². The molecule has 1 saturated heterocycles. The fourth-order valence-electron chi connectivity index (χ4n) is 3.56. The average molecular weight is 457 g/mol. The van der Waals surface area contributed by atoms with Crippen LogP contribution in [-0.2, 0) is 9.59 Å². The van der Waals surface area contributed by atoms with Gasteiger partial charge in [0.15, 0.2) is 11.6 Å². The van der Waals surface area contributed by atoms with Gasteiger partial charge in [0.25, 0.3) is 11.7 Å². The molecule has 0 saturated carbocycles. The van der Waals surface area contributed by atoms with Gasteiger partial charge in [-0.05, 0) is 48.0 Å². The monoisotopic (exact) mass is 456 g/mol. The number of aromatic nitrogens is 1. The predicted octanol–water partition coefficient (Wildman–Crippen LogP) is 4.65. The number of pyridine rings is 1. The smallest absolute Gasteiger partial charge is 0.300 e. The minimum atomic E-state index is -1.18. The second-order valence-corrected chi connectivity index (χ2v) is 7.30. The second-order valence-electron chi connectivity index (χ2n) is 6.90. The Hall–Kier alpha value is -3.78. The number of hydrogen-bond acceptors (Lipinski definition) is 5. The second kappa shape index (κ2) is 8.39. The number of aliphatic hydroxyl groups is 1. The molecule has 32 heavy (non-hydrogen) atoms. The summed E-state index contributed by atoms with van der Waals surface area (Å²) >= 11 is 6.15. The topological polar surface area (TPSA) is 79.7 Å². The summed E-state index contributed by atoms with van der Waals surface area (Å²) in [5.74, 6) is -4.38. The lowest BCUT2D eigenvalue weighted by Gasteiger charge is -2.25. The first-order valence-corrected chi connectivity index (χ1v) is 9.71. The quantitative estimate of drug-likeness (QED) is 0.351. The number of amides is 1. The number of carbonyl (C=O) groups excluding carboxylic acids is 2. The number of Topliss-reactive ketones (excluding diaryl/α,β-unsaturated/α-hetero) is 1. The number of ketones is 1. The third-order valence-electron chi connectivity index (χ3n) is 5.07. The molecule has 1 aliphatic rings. The first-order chi connectivity index (χ1) is 15.3. The van der Waals surface area contributed by atoms with E-state index in [4.69, 9.17) is 16.3 Å². The highest BCUT2D eigenvalue weighted by Crippen LogP contribution is 2.42. The summed E-state index contributed by atoms with van der Waals surface area (Å²) in [6.45, 7) is 0. The number of carbonyl (C=O) groups is 2. The zero-order valence-corrected chi connectivity index (χ0v) is 17.3. The minimum absolute atomic E-state index is 0.0420. The van der Waals surface area contributed by atoms with Crippen LogP contribution in [-0.4, -0.2) is 28.9 Å². The SMILES string of the molecule is COc1ccc(/C(O)=C2\C(=O)C(=O)N(c3ccc(F)c(F)c3)C2c2ccncc2)cc1Cl. The van der Waals surface area contributed by atoms with Crippen LogP contribution >= 0.6 is 11.6 Å². The van der Waals surface area contributed by atoms with Gasteiger partial charge in [-0.3, -0.25) is 19.5 Å². The molecular weight excluding hydrogens is 442 g/mol. The van der Waals surface area contributed by atoms with Crippen LogP contribution in [0, 0.1) is 11.6 Å². The average Bonchev–Trinajstić information content (AvgIpc) is 3.06. The van der Waals surface area contributed by atoms with E-state index in [1.165, 1.54) is 43.8 Å². The molecule has 1 unspecified atom stereocenters. The van der Waals surface area contributed by atoms with Crippen molar-refractivity contribution in [1.29, 1.82) is 0 Å². The summed E-state index contributed by atoms with van der Waals surface area (Å²) in [6, 6.07) is 9.24. The fraction of sp³-hybridized carbons (Fsp3) is 0.0870. The Bertz CT molecular complexity index is 1260. The van der Waals surface area contributed by atoms with Gasteiger partial charge in [0.2, 0.25) is 0 Å². The van der Waals surface area contributed by atoms with E-state index in [9.17, 15) is 23.5 Å². The Labute approximate surface area is 186 Å². The van der Waals surface area contributed by atoms with Gasteiger partial charge in [-0.25, -0.2) is 8.78 Å². The van der Waals surface area contributed by atoms with E-state index in [2.05, 4.69) is 4.98 Å². The van der Waals surface area contributed by atoms with E-state index in [1.807, 2.05) is 0 Å². The summed E-state index contributed by atoms with van der Waals surface area (Å²) in [5, 5.41) is 11.2. The molecule has 4 rings (SSSR count). The standard InChI is InChI=1S/C23H15ClF2N2O4/c1-32-18-5-2-13(10-15(18)24)21(29)19-20(12-6-8-27-9-7-12)28(23(31)22(19)30)14-3-4-16(25)17(26)11-14/h2-11,20,29H,1H3/b21-19+. The van der Waals surface area contributed by atoms with Crippen molar-refractivity contribution in [3.8, 4) is 5.75 Å². The highest BCUT2D eigenvalue weighted by Gasteiger charge is 2.47. The number of aliphatic hydroxyl groups excluding tert-OH is 1. The van der Waals surface area contributed by atoms with Crippen molar-refractivity contribution in [3.63, 3.8) is 0 Å². The lowest BCUT2D eigenvalue weighted by atomic mass is 9.95. The Kier molecular flexibility index (Phi) is 5.63. The van der Waals surface area contributed by atoms with Gasteiger partial charge in [0, 0.05) is 29.7 Å². The molecule has 2 heterocycles. The number of ether oxygens (including phenoxy) is 1. The van der Waals surface area contributed by atoms with E-state index < -0.39 is 35.1 Å². The third kappa shape index (κ3) is 3.58. The van der Waals surface area contributed by atoms with E-state index in [0.717, 1.165) is 17.0 Å². The van der Waals surface area contributed by atoms with Crippen LogP contribution in [0.3, 0.4) is 0 Å². The maximum atomic E-state index is 13.9. The lowest BCUT2D eigenvalue weighted by molar-refractivity contribution is -0.132. The third-order valence-corrected chi connectivity index (χ3v) is 5.37. The fourth-order valence-corrected chi connectivity index (χ4v) is 3.82. The Balaban J connectivity index is 1.94. The Morgan fingerprint density at radius 1 is 1.06 bits per heavy atom. The number of rotatable bonds is 4. The van der Waals surface area contributed by atoms with Crippen LogP contribution < -0.4 is 9.64 Å². The molecule has 9 heteroatoms. The summed E-state index contributed by atoms with van der Waals surface area (Å²) in [6.07, 6.45) is 2.90. The van der Waals surface area contributed by atoms with Crippen LogP contribution in [0.1, 0.15) is 17.2 Å². The number of anilines is 1. The molecule has 162 valence electrons. The molecular formula is C23H15ClF2N2O4. The largest absolute Gasteiger partial charge is 0.507 e. The molecule has 1 aromatic heterocycles. The number of hydrogen-bond donors (Lipinski definition) is 1. The molecule has 1 N–H and O–H groups in total. The molecule has 0 spiro atoms. The zero-order chi connectivity index (χ0) is 23.0. The molecule has 1 amide bonds. The van der Waals surface area contributed by atoms with E-state index >= 15 is 0 Å². The highest BCUT2D eigenvalue weighted by atomic mass is 35.5. The van der Waals surface area contributed by atoms with Gasteiger partial charge in [-0.1, -0.05) is 11.6 Å². The van der Waals surface area contributed by atoms with E-state index in [-0.39, 0.29) is 21.8 Å². The molecule has 2 aromatic carbocycles. The molecule has 1 atom stereocenters. The van der Waals surface area contributed by atoms with Crippen LogP contribution in [0.4, 0.5) is 14.5 Å². The van der Waals surface area contributed by atoms with Crippen LogP contribution in [0.25, 0.3) is 5.76 Å². The van der Waals surface area contributed by atoms with Gasteiger partial charge in [0.1, 0.15) is 11.5 Å². The summed E-state index contributed by atoms with van der Waals surface area (Å²) in [5.41, 5.74) is 0.343. The van der Waals surface area contributed by atoms with Gasteiger partial charge < -0.3 is 9.84 Å². The number of halogens is 3.